The van der Waals surface area contributed by atoms with Crippen LogP contribution in [0.5, 0.6) is 0 Å². The lowest BCUT2D eigenvalue weighted by Crippen LogP contribution is -2.46. The van der Waals surface area contributed by atoms with Crippen molar-refractivity contribution in [3.05, 3.63) is 12.7 Å². The van der Waals surface area contributed by atoms with Gasteiger partial charge in [0.15, 0.2) is 5.96 Å². The topological polar surface area (TPSA) is 56.7 Å². The molecule has 5 heteroatoms. The standard InChI is InChI=1S/C15H26N4O/c1-4-7-16-15(17-10-14(20)19(2)3)18-13-9-11-5-6-12(13)8-11/h4,11-13H,1,5-10H2,2-3H3,(H2,16,17,18). The zero-order valence-electron chi connectivity index (χ0n) is 12.6. The number of aliphatic imine (C=N–C) groups is 1. The fourth-order valence-electron chi connectivity index (χ4n) is 3.21. The van der Waals surface area contributed by atoms with Gasteiger partial charge in [-0.2, -0.15) is 0 Å². The number of nitrogens with zero attached hydrogens (tertiary/aromatic N) is 2. The predicted molar refractivity (Wildman–Crippen MR) is 81.6 cm³/mol. The zero-order valence-corrected chi connectivity index (χ0v) is 12.6. The van der Waals surface area contributed by atoms with Crippen molar-refractivity contribution in [1.29, 1.82) is 0 Å². The van der Waals surface area contributed by atoms with Crippen LogP contribution in [0.3, 0.4) is 0 Å². The smallest absolute Gasteiger partial charge is 0.243 e. The molecular weight excluding hydrogens is 252 g/mol. The van der Waals surface area contributed by atoms with Gasteiger partial charge in [0.25, 0.3) is 0 Å². The largest absolute Gasteiger partial charge is 0.353 e. The molecule has 2 bridgehead atoms. The maximum Gasteiger partial charge on any atom is 0.243 e. The van der Waals surface area contributed by atoms with Crippen LogP contribution < -0.4 is 10.6 Å². The number of carbonyl (C=O) groups is 1. The fraction of sp³-hybridized carbons (Fsp3) is 0.733. The number of nitrogens with one attached hydrogen (secondary N) is 2. The third-order valence-electron chi connectivity index (χ3n) is 4.35. The van der Waals surface area contributed by atoms with E-state index in [4.69, 9.17) is 0 Å². The Morgan fingerprint density at radius 2 is 2.20 bits per heavy atom. The van der Waals surface area contributed by atoms with E-state index < -0.39 is 0 Å². The minimum Gasteiger partial charge on any atom is -0.353 e. The van der Waals surface area contributed by atoms with Crippen molar-refractivity contribution in [3.8, 4) is 0 Å². The number of hydrogen-bond donors (Lipinski definition) is 2. The third-order valence-corrected chi connectivity index (χ3v) is 4.35. The summed E-state index contributed by atoms with van der Waals surface area (Å²) in [5.41, 5.74) is 0. The molecule has 2 saturated carbocycles. The molecule has 0 heterocycles. The van der Waals surface area contributed by atoms with Crippen molar-refractivity contribution in [2.75, 3.05) is 27.2 Å². The molecule has 0 radical (unpaired) electrons. The number of likely N-dealkylation sites (N-methyl/N-ethyl adjacent to an activating group) is 1. The first-order valence-electron chi connectivity index (χ1n) is 7.46. The van der Waals surface area contributed by atoms with E-state index in [-0.39, 0.29) is 12.5 Å². The minimum absolute atomic E-state index is 0.0117. The highest BCUT2D eigenvalue weighted by atomic mass is 16.2. The number of fused-ring (bicyclic) bond motifs is 2. The van der Waals surface area contributed by atoms with Gasteiger partial charge in [-0.25, -0.2) is 4.99 Å². The quantitative estimate of drug-likeness (QED) is 0.448. The molecule has 1 amide bonds. The second kappa shape index (κ2) is 6.77. The van der Waals surface area contributed by atoms with Crippen molar-refractivity contribution in [1.82, 2.24) is 15.5 Å². The lowest BCUT2D eigenvalue weighted by molar-refractivity contribution is -0.127. The summed E-state index contributed by atoms with van der Waals surface area (Å²) in [6.07, 6.45) is 7.10. The Balaban J connectivity index is 1.90. The first-order valence-corrected chi connectivity index (χ1v) is 7.46. The molecule has 3 unspecified atom stereocenters. The molecule has 5 nitrogen and oxygen atoms in total. The summed E-state index contributed by atoms with van der Waals surface area (Å²) >= 11 is 0. The van der Waals surface area contributed by atoms with Gasteiger partial charge >= 0.3 is 0 Å². The molecule has 2 aliphatic rings. The van der Waals surface area contributed by atoms with Crippen LogP contribution >= 0.6 is 0 Å². The molecule has 0 aromatic rings. The van der Waals surface area contributed by atoms with Gasteiger partial charge in [-0.05, 0) is 31.1 Å². The Hall–Kier alpha value is -1.52. The van der Waals surface area contributed by atoms with E-state index in [0.717, 1.165) is 17.8 Å². The van der Waals surface area contributed by atoms with E-state index in [2.05, 4.69) is 22.2 Å². The summed E-state index contributed by atoms with van der Waals surface area (Å²) in [6, 6.07) is 0.513. The molecule has 2 N–H and O–H groups in total. The minimum atomic E-state index is 0.0117. The lowest BCUT2D eigenvalue weighted by atomic mass is 9.95. The average Bonchev–Trinajstić information content (AvgIpc) is 3.03. The average molecular weight is 278 g/mol. The summed E-state index contributed by atoms with van der Waals surface area (Å²) in [5, 5.41) is 6.70. The number of guanidine groups is 1. The van der Waals surface area contributed by atoms with Gasteiger partial charge in [0.2, 0.25) is 5.91 Å². The fourth-order valence-corrected chi connectivity index (χ4v) is 3.21. The summed E-state index contributed by atoms with van der Waals surface area (Å²) in [5.74, 6) is 2.41. The van der Waals surface area contributed by atoms with Crippen LogP contribution in [0, 0.1) is 11.8 Å². The van der Waals surface area contributed by atoms with Gasteiger partial charge in [0.1, 0.15) is 6.54 Å². The molecule has 2 aliphatic carbocycles. The summed E-state index contributed by atoms with van der Waals surface area (Å²) in [4.78, 5) is 17.6. The number of rotatable bonds is 5. The molecule has 112 valence electrons. The van der Waals surface area contributed by atoms with E-state index in [1.54, 1.807) is 25.1 Å². The van der Waals surface area contributed by atoms with Crippen molar-refractivity contribution in [2.24, 2.45) is 16.8 Å². The van der Waals surface area contributed by atoms with Gasteiger partial charge < -0.3 is 15.5 Å². The predicted octanol–water partition coefficient (Wildman–Crippen LogP) is 0.984. The molecule has 2 fully saturated rings. The molecule has 0 aromatic carbocycles. The summed E-state index contributed by atoms with van der Waals surface area (Å²) < 4.78 is 0. The Labute approximate surface area is 121 Å². The van der Waals surface area contributed by atoms with Crippen LogP contribution in [0.25, 0.3) is 0 Å². The van der Waals surface area contributed by atoms with Crippen molar-refractivity contribution >= 4 is 11.9 Å². The van der Waals surface area contributed by atoms with Crippen LogP contribution in [0.2, 0.25) is 0 Å². The second-order valence-corrected chi connectivity index (χ2v) is 6.05. The normalized spacial score (nSPS) is 28.3. The Morgan fingerprint density at radius 1 is 1.40 bits per heavy atom. The van der Waals surface area contributed by atoms with Gasteiger partial charge in [0, 0.05) is 26.7 Å². The SMILES string of the molecule is C=CCNC(=NCC(=O)N(C)C)NC1CC2CCC1C2. The number of hydrogen-bond acceptors (Lipinski definition) is 2. The van der Waals surface area contributed by atoms with Crippen LogP contribution in [0.4, 0.5) is 0 Å². The second-order valence-electron chi connectivity index (χ2n) is 6.05. The summed E-state index contributed by atoms with van der Waals surface area (Å²) in [6.45, 7) is 4.54. The van der Waals surface area contributed by atoms with Crippen LogP contribution in [0.1, 0.15) is 25.7 Å². The van der Waals surface area contributed by atoms with Gasteiger partial charge in [-0.1, -0.05) is 12.5 Å². The molecule has 3 atom stereocenters. The van der Waals surface area contributed by atoms with Gasteiger partial charge in [0.05, 0.1) is 0 Å². The number of carbonyl (C=O) groups excluding carboxylic acids is 1. The number of amides is 1. The molecule has 0 saturated heterocycles. The first-order chi connectivity index (χ1) is 9.60. The third kappa shape index (κ3) is 3.74. The maximum absolute atomic E-state index is 11.6. The van der Waals surface area contributed by atoms with Crippen molar-refractivity contribution in [2.45, 2.75) is 31.7 Å². The van der Waals surface area contributed by atoms with Crippen molar-refractivity contribution in [3.63, 3.8) is 0 Å². The zero-order chi connectivity index (χ0) is 14.5. The lowest BCUT2D eigenvalue weighted by Gasteiger charge is -2.25. The van der Waals surface area contributed by atoms with Gasteiger partial charge in [-0.15, -0.1) is 6.58 Å². The molecule has 0 aromatic heterocycles. The van der Waals surface area contributed by atoms with E-state index in [1.807, 2.05) is 0 Å². The first kappa shape index (κ1) is 14.9. The molecule has 0 spiro atoms. The summed E-state index contributed by atoms with van der Waals surface area (Å²) in [7, 11) is 3.50. The van der Waals surface area contributed by atoms with Crippen molar-refractivity contribution < 1.29 is 4.79 Å². The molecule has 20 heavy (non-hydrogen) atoms. The van der Waals surface area contributed by atoms with E-state index >= 15 is 0 Å². The molecular formula is C15H26N4O. The van der Waals surface area contributed by atoms with Crippen LogP contribution in [-0.4, -0.2) is 50.0 Å². The highest BCUT2D eigenvalue weighted by molar-refractivity contribution is 5.85. The Bertz CT molecular complexity index is 391. The van der Waals surface area contributed by atoms with Crippen LogP contribution in [-0.2, 0) is 4.79 Å². The molecule has 0 aliphatic heterocycles. The van der Waals surface area contributed by atoms with Crippen LogP contribution in [0.15, 0.2) is 17.6 Å². The molecule has 2 rings (SSSR count). The van der Waals surface area contributed by atoms with Gasteiger partial charge in [-0.3, -0.25) is 4.79 Å². The van der Waals surface area contributed by atoms with E-state index in [1.165, 1.54) is 25.7 Å². The monoisotopic (exact) mass is 278 g/mol. The highest BCUT2D eigenvalue weighted by Gasteiger charge is 2.39. The Kier molecular flexibility index (Phi) is 5.04. The van der Waals surface area contributed by atoms with E-state index in [9.17, 15) is 4.79 Å². The maximum atomic E-state index is 11.6. The van der Waals surface area contributed by atoms with E-state index in [0.29, 0.717) is 12.6 Å². The Morgan fingerprint density at radius 3 is 2.75 bits per heavy atom. The highest BCUT2D eigenvalue weighted by Crippen LogP contribution is 2.44.